The Morgan fingerprint density at radius 1 is 1.83 bits per heavy atom. The zero-order chi connectivity index (χ0) is 4.99. The molecule has 0 spiro atoms. The van der Waals surface area contributed by atoms with E-state index in [0.717, 1.165) is 6.61 Å². The van der Waals surface area contributed by atoms with Gasteiger partial charge in [0.2, 0.25) is 0 Å². The Hall–Kier alpha value is 0.440. The van der Waals surface area contributed by atoms with Crippen LogP contribution in [0.5, 0.6) is 0 Å². The number of halogens is 1. The van der Waals surface area contributed by atoms with Crippen molar-refractivity contribution in [2.45, 2.75) is 18.9 Å². The quantitative estimate of drug-likeness (QED) is 0.549. The van der Waals surface area contributed by atoms with Crippen molar-refractivity contribution in [3.05, 3.63) is 0 Å². The molecule has 1 nitrogen and oxygen atoms in total. The second-order valence-electron chi connectivity index (χ2n) is 0.998. The van der Waals surface area contributed by atoms with Crippen molar-refractivity contribution in [2.24, 2.45) is 0 Å². The smallest absolute Gasteiger partial charge is 0.109 e. The molecule has 0 radical (unpaired) electrons. The molecule has 2 heteroatoms. The fourth-order valence-electron chi connectivity index (χ4n) is 0.230. The number of ether oxygens (including phenoxy) is 1. The van der Waals surface area contributed by atoms with Gasteiger partial charge in [-0.3, -0.25) is 0 Å². The molecular formula is C4H9BrO. The third-order valence-electron chi connectivity index (χ3n) is 0.396. The lowest BCUT2D eigenvalue weighted by atomic mass is 10.8. The van der Waals surface area contributed by atoms with Gasteiger partial charge in [0, 0.05) is 6.61 Å². The van der Waals surface area contributed by atoms with Crippen LogP contribution in [-0.2, 0) is 4.74 Å². The van der Waals surface area contributed by atoms with E-state index in [-0.39, 0.29) is 5.01 Å². The second-order valence-corrected chi connectivity index (χ2v) is 2.29. The maximum Gasteiger partial charge on any atom is 0.109 e. The highest BCUT2D eigenvalue weighted by Gasteiger charge is 1.86. The lowest BCUT2D eigenvalue weighted by Crippen LogP contribution is -1.95. The van der Waals surface area contributed by atoms with Crippen molar-refractivity contribution in [2.75, 3.05) is 6.61 Å². The summed E-state index contributed by atoms with van der Waals surface area (Å²) in [5.74, 6) is 0. The summed E-state index contributed by atoms with van der Waals surface area (Å²) in [4.78, 5) is 0. The van der Waals surface area contributed by atoms with Crippen LogP contribution in [0.25, 0.3) is 0 Å². The Balaban J connectivity index is 2.63. The molecule has 0 aliphatic heterocycles. The van der Waals surface area contributed by atoms with Gasteiger partial charge in [0.1, 0.15) is 5.01 Å². The van der Waals surface area contributed by atoms with Gasteiger partial charge in [-0.25, -0.2) is 0 Å². The molecule has 0 heterocycles. The Morgan fingerprint density at radius 2 is 2.33 bits per heavy atom. The van der Waals surface area contributed by atoms with Crippen LogP contribution in [0.15, 0.2) is 0 Å². The van der Waals surface area contributed by atoms with Crippen molar-refractivity contribution in [3.63, 3.8) is 0 Å². The molecular weight excluding hydrogens is 144 g/mol. The van der Waals surface area contributed by atoms with E-state index in [2.05, 4.69) is 15.9 Å². The highest BCUT2D eigenvalue weighted by molar-refractivity contribution is 9.09. The summed E-state index contributed by atoms with van der Waals surface area (Å²) in [5, 5.41) is 0.211. The molecule has 0 aromatic rings. The fraction of sp³-hybridized carbons (Fsp3) is 1.00. The van der Waals surface area contributed by atoms with Gasteiger partial charge in [0.05, 0.1) is 0 Å². The highest BCUT2D eigenvalue weighted by atomic mass is 79.9. The summed E-state index contributed by atoms with van der Waals surface area (Å²) in [7, 11) is 0. The standard InChI is InChI=1S/C4H9BrO/c1-3-6-4(2)5/h4H,3H2,1-2H3/t4-/m0/s1. The first kappa shape index (κ1) is 6.44. The first-order valence-electron chi connectivity index (χ1n) is 2.03. The summed E-state index contributed by atoms with van der Waals surface area (Å²) < 4.78 is 4.96. The predicted molar refractivity (Wildman–Crippen MR) is 30.0 cm³/mol. The average Bonchev–Trinajstić information content (AvgIpc) is 1.35. The molecule has 0 aromatic carbocycles. The Morgan fingerprint density at radius 3 is 2.33 bits per heavy atom. The van der Waals surface area contributed by atoms with Crippen LogP contribution < -0.4 is 0 Å². The molecule has 0 aliphatic carbocycles. The van der Waals surface area contributed by atoms with Crippen molar-refractivity contribution in [1.82, 2.24) is 0 Å². The highest BCUT2D eigenvalue weighted by Crippen LogP contribution is 1.96. The van der Waals surface area contributed by atoms with E-state index in [1.165, 1.54) is 0 Å². The number of hydrogen-bond acceptors (Lipinski definition) is 1. The minimum Gasteiger partial charge on any atom is -0.368 e. The maximum atomic E-state index is 4.96. The van der Waals surface area contributed by atoms with Crippen molar-refractivity contribution >= 4 is 15.9 Å². The molecule has 0 saturated heterocycles. The summed E-state index contributed by atoms with van der Waals surface area (Å²) in [6.07, 6.45) is 0. The van der Waals surface area contributed by atoms with Gasteiger partial charge in [-0.15, -0.1) is 0 Å². The van der Waals surface area contributed by atoms with Crippen LogP contribution in [0.2, 0.25) is 0 Å². The van der Waals surface area contributed by atoms with Gasteiger partial charge in [-0.2, -0.15) is 0 Å². The summed E-state index contributed by atoms with van der Waals surface area (Å²) in [6.45, 7) is 4.70. The first-order valence-corrected chi connectivity index (χ1v) is 2.94. The van der Waals surface area contributed by atoms with Gasteiger partial charge in [0.25, 0.3) is 0 Å². The van der Waals surface area contributed by atoms with Gasteiger partial charge in [-0.1, -0.05) is 15.9 Å². The topological polar surface area (TPSA) is 9.23 Å². The van der Waals surface area contributed by atoms with E-state index >= 15 is 0 Å². The molecule has 0 amide bonds. The van der Waals surface area contributed by atoms with Crippen LogP contribution in [0.1, 0.15) is 13.8 Å². The Kier molecular flexibility index (Phi) is 3.89. The summed E-state index contributed by atoms with van der Waals surface area (Å²) >= 11 is 3.21. The third kappa shape index (κ3) is 4.44. The zero-order valence-corrected chi connectivity index (χ0v) is 5.66. The molecule has 0 aliphatic rings. The molecule has 0 N–H and O–H groups in total. The average molecular weight is 153 g/mol. The molecule has 0 bridgehead atoms. The van der Waals surface area contributed by atoms with Crippen LogP contribution in [0.4, 0.5) is 0 Å². The zero-order valence-electron chi connectivity index (χ0n) is 4.07. The van der Waals surface area contributed by atoms with E-state index in [4.69, 9.17) is 4.74 Å². The molecule has 0 fully saturated rings. The number of rotatable bonds is 2. The van der Waals surface area contributed by atoms with Crippen LogP contribution >= 0.6 is 15.9 Å². The van der Waals surface area contributed by atoms with Gasteiger partial charge in [-0.05, 0) is 13.8 Å². The molecule has 1 atom stereocenters. The van der Waals surface area contributed by atoms with E-state index in [1.807, 2.05) is 13.8 Å². The summed E-state index contributed by atoms with van der Waals surface area (Å²) in [6, 6.07) is 0. The minimum absolute atomic E-state index is 0.211. The lowest BCUT2D eigenvalue weighted by molar-refractivity contribution is 0.142. The van der Waals surface area contributed by atoms with Gasteiger partial charge in [0.15, 0.2) is 0 Å². The Labute approximate surface area is 46.8 Å². The predicted octanol–water partition coefficient (Wildman–Crippen LogP) is 1.76. The largest absolute Gasteiger partial charge is 0.368 e. The van der Waals surface area contributed by atoms with Crippen LogP contribution in [-0.4, -0.2) is 11.6 Å². The monoisotopic (exact) mass is 152 g/mol. The maximum absolute atomic E-state index is 4.96. The lowest BCUT2D eigenvalue weighted by Gasteiger charge is -1.98. The van der Waals surface area contributed by atoms with Gasteiger partial charge < -0.3 is 4.74 Å². The molecule has 0 saturated carbocycles. The molecule has 0 unspecified atom stereocenters. The summed E-state index contributed by atoms with van der Waals surface area (Å²) in [5.41, 5.74) is 0. The van der Waals surface area contributed by atoms with E-state index in [9.17, 15) is 0 Å². The molecule has 6 heavy (non-hydrogen) atoms. The normalized spacial score (nSPS) is 14.5. The molecule has 38 valence electrons. The molecule has 0 aromatic heterocycles. The van der Waals surface area contributed by atoms with Crippen molar-refractivity contribution in [3.8, 4) is 0 Å². The number of alkyl halides is 1. The van der Waals surface area contributed by atoms with Gasteiger partial charge >= 0.3 is 0 Å². The van der Waals surface area contributed by atoms with Crippen molar-refractivity contribution in [1.29, 1.82) is 0 Å². The molecule has 0 rings (SSSR count). The van der Waals surface area contributed by atoms with Crippen molar-refractivity contribution < 1.29 is 4.74 Å². The van der Waals surface area contributed by atoms with E-state index < -0.39 is 0 Å². The van der Waals surface area contributed by atoms with E-state index in [0.29, 0.717) is 0 Å². The fourth-order valence-corrected chi connectivity index (χ4v) is 0.494. The number of hydrogen-bond donors (Lipinski definition) is 0. The second kappa shape index (κ2) is 3.62. The Bertz CT molecular complexity index is 28.7. The first-order chi connectivity index (χ1) is 2.77. The SMILES string of the molecule is CCO[C@@H](C)Br. The van der Waals surface area contributed by atoms with E-state index in [1.54, 1.807) is 0 Å². The third-order valence-corrected chi connectivity index (χ3v) is 0.661. The van der Waals surface area contributed by atoms with Crippen LogP contribution in [0.3, 0.4) is 0 Å². The van der Waals surface area contributed by atoms with Crippen LogP contribution in [0, 0.1) is 0 Å². The minimum atomic E-state index is 0.211.